The van der Waals surface area contributed by atoms with Crippen LogP contribution in [0.25, 0.3) is 0 Å². The molecule has 0 saturated heterocycles. The number of carbonyl (C=O) groups is 1. The van der Waals surface area contributed by atoms with Crippen LogP contribution in [0.1, 0.15) is 19.8 Å². The summed E-state index contributed by atoms with van der Waals surface area (Å²) in [6.07, 6.45) is 1.44. The lowest BCUT2D eigenvalue weighted by atomic mass is 10.1. The van der Waals surface area contributed by atoms with E-state index in [1.165, 1.54) is 26.2 Å². The molecule has 1 atom stereocenters. The first-order valence-corrected chi connectivity index (χ1v) is 7.82. The maximum absolute atomic E-state index is 11.9. The van der Waals surface area contributed by atoms with E-state index in [-0.39, 0.29) is 10.8 Å². The molecule has 0 aromatic heterocycles. The van der Waals surface area contributed by atoms with Gasteiger partial charge in [0.05, 0.1) is 10.9 Å². The van der Waals surface area contributed by atoms with Crippen LogP contribution in [0.5, 0.6) is 0 Å². The van der Waals surface area contributed by atoms with Gasteiger partial charge in [0.2, 0.25) is 15.9 Å². The maximum atomic E-state index is 11.9. The molecule has 0 aliphatic rings. The fourth-order valence-electron chi connectivity index (χ4n) is 1.60. The zero-order valence-corrected chi connectivity index (χ0v) is 12.8. The molecule has 6 nitrogen and oxygen atoms in total. The largest absolute Gasteiger partial charge is 0.325 e. The van der Waals surface area contributed by atoms with Gasteiger partial charge in [-0.25, -0.2) is 12.7 Å². The number of anilines is 1. The Kier molecular flexibility index (Phi) is 5.67. The summed E-state index contributed by atoms with van der Waals surface area (Å²) in [4.78, 5) is 11.9. The number of hydrogen-bond acceptors (Lipinski definition) is 4. The van der Waals surface area contributed by atoms with Crippen molar-refractivity contribution in [2.24, 2.45) is 5.73 Å². The molecule has 0 saturated carbocycles. The van der Waals surface area contributed by atoms with Crippen LogP contribution in [-0.4, -0.2) is 38.8 Å². The van der Waals surface area contributed by atoms with Crippen LogP contribution < -0.4 is 11.1 Å². The Labute approximate surface area is 120 Å². The third-order valence-corrected chi connectivity index (χ3v) is 4.67. The summed E-state index contributed by atoms with van der Waals surface area (Å²) in [5, 5.41) is 2.66. The summed E-state index contributed by atoms with van der Waals surface area (Å²) >= 11 is 0. The van der Waals surface area contributed by atoms with E-state index in [0.717, 1.165) is 10.7 Å². The predicted octanol–water partition coefficient (Wildman–Crippen LogP) is 1.00. The van der Waals surface area contributed by atoms with Crippen LogP contribution in [0.4, 0.5) is 5.69 Å². The average Bonchev–Trinajstić information content (AvgIpc) is 2.39. The molecule has 0 bridgehead atoms. The number of rotatable bonds is 6. The molecule has 0 unspecified atom stereocenters. The Morgan fingerprint density at radius 2 is 1.85 bits per heavy atom. The Morgan fingerprint density at radius 1 is 1.30 bits per heavy atom. The highest BCUT2D eigenvalue weighted by Gasteiger charge is 2.17. The molecule has 1 aromatic carbocycles. The summed E-state index contributed by atoms with van der Waals surface area (Å²) in [5.74, 6) is -0.268. The summed E-state index contributed by atoms with van der Waals surface area (Å²) < 4.78 is 24.9. The SMILES string of the molecule is CCC[C@H](N)C(=O)Nc1ccc(S(=O)(=O)N(C)C)cc1. The lowest BCUT2D eigenvalue weighted by Crippen LogP contribution is -2.35. The zero-order valence-electron chi connectivity index (χ0n) is 12.0. The zero-order chi connectivity index (χ0) is 15.3. The van der Waals surface area contributed by atoms with E-state index in [4.69, 9.17) is 5.73 Å². The molecule has 0 heterocycles. The van der Waals surface area contributed by atoms with Crippen molar-refractivity contribution < 1.29 is 13.2 Å². The third-order valence-electron chi connectivity index (χ3n) is 2.84. The molecule has 20 heavy (non-hydrogen) atoms. The van der Waals surface area contributed by atoms with Crippen molar-refractivity contribution in [3.8, 4) is 0 Å². The quantitative estimate of drug-likeness (QED) is 0.819. The molecule has 0 spiro atoms. The second-order valence-electron chi connectivity index (χ2n) is 4.70. The molecule has 0 aliphatic heterocycles. The molecular formula is C13H21N3O3S. The second kappa shape index (κ2) is 6.83. The predicted molar refractivity (Wildman–Crippen MR) is 78.8 cm³/mol. The lowest BCUT2D eigenvalue weighted by molar-refractivity contribution is -0.117. The minimum absolute atomic E-state index is 0.179. The van der Waals surface area contributed by atoms with Crippen molar-refractivity contribution in [3.05, 3.63) is 24.3 Å². The molecule has 0 aliphatic carbocycles. The Bertz CT molecular complexity index is 553. The van der Waals surface area contributed by atoms with Gasteiger partial charge >= 0.3 is 0 Å². The van der Waals surface area contributed by atoms with Gasteiger partial charge in [-0.1, -0.05) is 13.3 Å². The molecule has 1 rings (SSSR count). The first-order chi connectivity index (χ1) is 9.28. The van der Waals surface area contributed by atoms with Crippen LogP contribution in [0.3, 0.4) is 0 Å². The minimum atomic E-state index is -3.45. The van der Waals surface area contributed by atoms with Gasteiger partial charge in [0.1, 0.15) is 0 Å². The average molecular weight is 299 g/mol. The Hall–Kier alpha value is -1.44. The van der Waals surface area contributed by atoms with E-state index in [1.807, 2.05) is 6.92 Å². The van der Waals surface area contributed by atoms with Gasteiger partial charge in [0.25, 0.3) is 0 Å². The van der Waals surface area contributed by atoms with Crippen LogP contribution in [0.2, 0.25) is 0 Å². The molecule has 7 heteroatoms. The molecule has 3 N–H and O–H groups in total. The highest BCUT2D eigenvalue weighted by Crippen LogP contribution is 2.16. The highest BCUT2D eigenvalue weighted by atomic mass is 32.2. The fraction of sp³-hybridized carbons (Fsp3) is 0.462. The molecular weight excluding hydrogens is 278 g/mol. The number of benzene rings is 1. The van der Waals surface area contributed by atoms with E-state index >= 15 is 0 Å². The highest BCUT2D eigenvalue weighted by molar-refractivity contribution is 7.89. The molecule has 1 aromatic rings. The Morgan fingerprint density at radius 3 is 2.30 bits per heavy atom. The van der Waals surface area contributed by atoms with E-state index < -0.39 is 16.1 Å². The molecule has 0 radical (unpaired) electrons. The summed E-state index contributed by atoms with van der Waals surface area (Å²) in [6.45, 7) is 1.95. The van der Waals surface area contributed by atoms with Gasteiger partial charge in [-0.3, -0.25) is 4.79 Å². The normalized spacial score (nSPS) is 13.2. The van der Waals surface area contributed by atoms with Crippen LogP contribution >= 0.6 is 0 Å². The van der Waals surface area contributed by atoms with Crippen LogP contribution in [0, 0.1) is 0 Å². The van der Waals surface area contributed by atoms with Crippen molar-refractivity contribution in [2.45, 2.75) is 30.7 Å². The van der Waals surface area contributed by atoms with Crippen molar-refractivity contribution in [1.29, 1.82) is 0 Å². The van der Waals surface area contributed by atoms with Gasteiger partial charge in [0.15, 0.2) is 0 Å². The number of hydrogen-bond donors (Lipinski definition) is 2. The van der Waals surface area contributed by atoms with E-state index in [2.05, 4.69) is 5.32 Å². The number of nitrogens with two attached hydrogens (primary N) is 1. The van der Waals surface area contributed by atoms with Gasteiger partial charge in [-0.2, -0.15) is 0 Å². The molecule has 0 fully saturated rings. The summed E-state index contributed by atoms with van der Waals surface area (Å²) in [7, 11) is -0.517. The van der Waals surface area contributed by atoms with Gasteiger partial charge in [0, 0.05) is 19.8 Å². The molecule has 1 amide bonds. The number of carbonyl (C=O) groups excluding carboxylic acids is 1. The maximum Gasteiger partial charge on any atom is 0.242 e. The van der Waals surface area contributed by atoms with Crippen molar-refractivity contribution >= 4 is 21.6 Å². The van der Waals surface area contributed by atoms with E-state index in [9.17, 15) is 13.2 Å². The van der Waals surface area contributed by atoms with Gasteiger partial charge in [-0.15, -0.1) is 0 Å². The lowest BCUT2D eigenvalue weighted by Gasteiger charge is -2.13. The van der Waals surface area contributed by atoms with E-state index in [1.54, 1.807) is 12.1 Å². The summed E-state index contributed by atoms with van der Waals surface area (Å²) in [6, 6.07) is 5.46. The van der Waals surface area contributed by atoms with Crippen molar-refractivity contribution in [1.82, 2.24) is 4.31 Å². The monoisotopic (exact) mass is 299 g/mol. The van der Waals surface area contributed by atoms with Crippen LogP contribution in [-0.2, 0) is 14.8 Å². The number of sulfonamides is 1. The fourth-order valence-corrected chi connectivity index (χ4v) is 2.50. The van der Waals surface area contributed by atoms with Gasteiger partial charge in [-0.05, 0) is 30.7 Å². The van der Waals surface area contributed by atoms with Gasteiger partial charge < -0.3 is 11.1 Å². The number of amides is 1. The standard InChI is InChI=1S/C13H21N3O3S/c1-4-5-12(14)13(17)15-10-6-8-11(9-7-10)20(18,19)16(2)3/h6-9,12H,4-5,14H2,1-3H3,(H,15,17)/t12-/m0/s1. The first-order valence-electron chi connectivity index (χ1n) is 6.38. The van der Waals surface area contributed by atoms with Crippen molar-refractivity contribution in [3.63, 3.8) is 0 Å². The van der Waals surface area contributed by atoms with Crippen LogP contribution in [0.15, 0.2) is 29.2 Å². The molecule has 112 valence electrons. The third kappa shape index (κ3) is 4.03. The van der Waals surface area contributed by atoms with E-state index in [0.29, 0.717) is 12.1 Å². The smallest absolute Gasteiger partial charge is 0.242 e. The first kappa shape index (κ1) is 16.6. The minimum Gasteiger partial charge on any atom is -0.325 e. The number of nitrogens with one attached hydrogen (secondary N) is 1. The second-order valence-corrected chi connectivity index (χ2v) is 6.85. The Balaban J connectivity index is 2.80. The summed E-state index contributed by atoms with van der Waals surface area (Å²) in [5.41, 5.74) is 6.23. The topological polar surface area (TPSA) is 92.5 Å². The number of nitrogens with zero attached hydrogens (tertiary/aromatic N) is 1. The van der Waals surface area contributed by atoms with Crippen molar-refractivity contribution in [2.75, 3.05) is 19.4 Å².